The second-order valence-electron chi connectivity index (χ2n) is 7.35. The fourth-order valence-corrected chi connectivity index (χ4v) is 3.30. The lowest BCUT2D eigenvalue weighted by molar-refractivity contribution is -0.123. The summed E-state index contributed by atoms with van der Waals surface area (Å²) in [7, 11) is 0. The zero-order chi connectivity index (χ0) is 18.9. The Morgan fingerprint density at radius 2 is 1.81 bits per heavy atom. The molecule has 0 aliphatic carbocycles. The largest absolute Gasteiger partial charge is 0.372 e. The number of amides is 2. The number of hydrogen-bond acceptors (Lipinski definition) is 3. The molecule has 5 heteroatoms. The zero-order valence-electron chi connectivity index (χ0n) is 16.5. The molecule has 1 aromatic rings. The number of carbonyl (C=O) groups excluding carboxylic acids is 2. The minimum Gasteiger partial charge on any atom is -0.372 e. The van der Waals surface area contributed by atoms with Crippen LogP contribution in [0, 0.1) is 5.92 Å². The van der Waals surface area contributed by atoms with Gasteiger partial charge in [-0.25, -0.2) is 0 Å². The third-order valence-electron chi connectivity index (χ3n) is 5.09. The van der Waals surface area contributed by atoms with E-state index in [4.69, 9.17) is 0 Å². The third kappa shape index (κ3) is 6.04. The molecule has 1 heterocycles. The summed E-state index contributed by atoms with van der Waals surface area (Å²) in [6.07, 6.45) is 5.65. The highest BCUT2D eigenvalue weighted by atomic mass is 16.2. The SMILES string of the molecule is CCCCCNC(=O)CN(C(C)=O)c1ccc(N2CCC(C)CC2)cc1. The first-order valence-electron chi connectivity index (χ1n) is 9.91. The third-order valence-corrected chi connectivity index (χ3v) is 5.09. The molecule has 0 atom stereocenters. The van der Waals surface area contributed by atoms with Crippen molar-refractivity contribution in [3.63, 3.8) is 0 Å². The minimum absolute atomic E-state index is 0.0715. The fraction of sp³-hybridized carbons (Fsp3) is 0.619. The second-order valence-corrected chi connectivity index (χ2v) is 7.35. The lowest BCUT2D eigenvalue weighted by atomic mass is 9.99. The molecular weight excluding hydrogens is 326 g/mol. The normalized spacial score (nSPS) is 15.0. The quantitative estimate of drug-likeness (QED) is 0.722. The van der Waals surface area contributed by atoms with Gasteiger partial charge in [-0.2, -0.15) is 0 Å². The molecule has 144 valence electrons. The number of nitrogens with one attached hydrogen (secondary N) is 1. The molecule has 0 unspecified atom stereocenters. The fourth-order valence-electron chi connectivity index (χ4n) is 3.30. The number of rotatable bonds is 8. The summed E-state index contributed by atoms with van der Waals surface area (Å²) in [6, 6.07) is 8.00. The van der Waals surface area contributed by atoms with Gasteiger partial charge in [-0.05, 0) is 49.4 Å². The summed E-state index contributed by atoms with van der Waals surface area (Å²) in [4.78, 5) is 28.1. The van der Waals surface area contributed by atoms with Gasteiger partial charge in [-0.3, -0.25) is 9.59 Å². The van der Waals surface area contributed by atoms with E-state index in [0.29, 0.717) is 6.54 Å². The van der Waals surface area contributed by atoms with Gasteiger partial charge >= 0.3 is 0 Å². The van der Waals surface area contributed by atoms with Crippen molar-refractivity contribution in [3.8, 4) is 0 Å². The monoisotopic (exact) mass is 359 g/mol. The summed E-state index contributed by atoms with van der Waals surface area (Å²) < 4.78 is 0. The van der Waals surface area contributed by atoms with E-state index in [1.807, 2.05) is 12.1 Å². The van der Waals surface area contributed by atoms with E-state index in [2.05, 4.69) is 36.2 Å². The topological polar surface area (TPSA) is 52.7 Å². The van der Waals surface area contributed by atoms with E-state index in [9.17, 15) is 9.59 Å². The Bertz CT molecular complexity index is 577. The van der Waals surface area contributed by atoms with Gasteiger partial charge in [0, 0.05) is 37.9 Å². The van der Waals surface area contributed by atoms with Crippen LogP contribution in [0.1, 0.15) is 52.9 Å². The van der Waals surface area contributed by atoms with E-state index < -0.39 is 0 Å². The predicted molar refractivity (Wildman–Crippen MR) is 108 cm³/mol. The van der Waals surface area contributed by atoms with Crippen LogP contribution >= 0.6 is 0 Å². The first-order valence-corrected chi connectivity index (χ1v) is 9.91. The van der Waals surface area contributed by atoms with Gasteiger partial charge in [0.15, 0.2) is 0 Å². The zero-order valence-corrected chi connectivity index (χ0v) is 16.5. The van der Waals surface area contributed by atoms with Crippen molar-refractivity contribution in [1.29, 1.82) is 0 Å². The molecule has 1 fully saturated rings. The van der Waals surface area contributed by atoms with Crippen molar-refractivity contribution in [3.05, 3.63) is 24.3 Å². The van der Waals surface area contributed by atoms with Gasteiger partial charge in [-0.15, -0.1) is 0 Å². The number of hydrogen-bond donors (Lipinski definition) is 1. The molecule has 0 spiro atoms. The first-order chi connectivity index (χ1) is 12.5. The lowest BCUT2D eigenvalue weighted by Gasteiger charge is -2.32. The minimum atomic E-state index is -0.117. The standard InChI is InChI=1S/C21H33N3O2/c1-4-5-6-13-22-21(26)16-24(18(3)25)20-9-7-19(8-10-20)23-14-11-17(2)12-15-23/h7-10,17H,4-6,11-16H2,1-3H3,(H,22,26). The van der Waals surface area contributed by atoms with Crippen molar-refractivity contribution in [2.75, 3.05) is 36.0 Å². The molecule has 1 aliphatic heterocycles. The number of benzene rings is 1. The summed E-state index contributed by atoms with van der Waals surface area (Å²) >= 11 is 0. The Morgan fingerprint density at radius 3 is 2.38 bits per heavy atom. The van der Waals surface area contributed by atoms with Gasteiger partial charge in [0.05, 0.1) is 0 Å². The Morgan fingerprint density at radius 1 is 1.15 bits per heavy atom. The molecule has 26 heavy (non-hydrogen) atoms. The van der Waals surface area contributed by atoms with E-state index in [1.54, 1.807) is 0 Å². The molecule has 1 aromatic carbocycles. The van der Waals surface area contributed by atoms with Gasteiger partial charge in [0.2, 0.25) is 11.8 Å². The van der Waals surface area contributed by atoms with Gasteiger partial charge < -0.3 is 15.1 Å². The molecular formula is C21H33N3O2. The molecule has 1 N–H and O–H groups in total. The van der Waals surface area contributed by atoms with Crippen molar-refractivity contribution in [2.45, 2.75) is 52.9 Å². The number of anilines is 2. The summed E-state index contributed by atoms with van der Waals surface area (Å²) in [5.74, 6) is 0.577. The van der Waals surface area contributed by atoms with Crippen LogP contribution in [0.5, 0.6) is 0 Å². The van der Waals surface area contributed by atoms with Crippen LogP contribution < -0.4 is 15.1 Å². The average molecular weight is 360 g/mol. The Kier molecular flexibility index (Phi) is 7.95. The Labute approximate surface area is 157 Å². The maximum absolute atomic E-state index is 12.1. The highest BCUT2D eigenvalue weighted by Crippen LogP contribution is 2.25. The number of unbranched alkanes of at least 4 members (excludes halogenated alkanes) is 2. The molecule has 1 aliphatic rings. The molecule has 2 amide bonds. The molecule has 0 aromatic heterocycles. The van der Waals surface area contributed by atoms with Gasteiger partial charge in [-0.1, -0.05) is 26.7 Å². The number of carbonyl (C=O) groups is 2. The molecule has 2 rings (SSSR count). The van der Waals surface area contributed by atoms with Crippen LogP contribution in [0.2, 0.25) is 0 Å². The van der Waals surface area contributed by atoms with E-state index >= 15 is 0 Å². The average Bonchev–Trinajstić information content (AvgIpc) is 2.64. The van der Waals surface area contributed by atoms with Crippen LogP contribution in [0.3, 0.4) is 0 Å². The van der Waals surface area contributed by atoms with E-state index in [0.717, 1.165) is 44.0 Å². The van der Waals surface area contributed by atoms with Crippen molar-refractivity contribution < 1.29 is 9.59 Å². The lowest BCUT2D eigenvalue weighted by Crippen LogP contribution is -2.40. The summed E-state index contributed by atoms with van der Waals surface area (Å²) in [5, 5.41) is 2.90. The van der Waals surface area contributed by atoms with Gasteiger partial charge in [0.1, 0.15) is 6.54 Å². The van der Waals surface area contributed by atoms with E-state index in [-0.39, 0.29) is 18.4 Å². The molecule has 0 radical (unpaired) electrons. The van der Waals surface area contributed by atoms with Crippen molar-refractivity contribution >= 4 is 23.2 Å². The van der Waals surface area contributed by atoms with Crippen LogP contribution in [-0.4, -0.2) is 38.0 Å². The molecule has 5 nitrogen and oxygen atoms in total. The second kappa shape index (κ2) is 10.2. The summed E-state index contributed by atoms with van der Waals surface area (Å²) in [6.45, 7) is 8.84. The first kappa shape index (κ1) is 20.3. The molecule has 1 saturated heterocycles. The number of nitrogens with zero attached hydrogens (tertiary/aromatic N) is 2. The van der Waals surface area contributed by atoms with E-state index in [1.165, 1.54) is 30.4 Å². The number of piperidine rings is 1. The maximum Gasteiger partial charge on any atom is 0.240 e. The summed E-state index contributed by atoms with van der Waals surface area (Å²) in [5.41, 5.74) is 1.96. The van der Waals surface area contributed by atoms with Crippen LogP contribution in [0.25, 0.3) is 0 Å². The van der Waals surface area contributed by atoms with Crippen LogP contribution in [0.4, 0.5) is 11.4 Å². The van der Waals surface area contributed by atoms with Crippen LogP contribution in [0.15, 0.2) is 24.3 Å². The van der Waals surface area contributed by atoms with Crippen molar-refractivity contribution in [1.82, 2.24) is 5.32 Å². The van der Waals surface area contributed by atoms with Crippen molar-refractivity contribution in [2.24, 2.45) is 5.92 Å². The molecule has 0 bridgehead atoms. The van der Waals surface area contributed by atoms with Gasteiger partial charge in [0.25, 0.3) is 0 Å². The highest BCUT2D eigenvalue weighted by Gasteiger charge is 2.18. The van der Waals surface area contributed by atoms with Crippen LogP contribution in [-0.2, 0) is 9.59 Å². The predicted octanol–water partition coefficient (Wildman–Crippen LogP) is 3.58. The smallest absolute Gasteiger partial charge is 0.240 e. The maximum atomic E-state index is 12.1. The Balaban J connectivity index is 1.94. The molecule has 0 saturated carbocycles. The Hall–Kier alpha value is -2.04. The highest BCUT2D eigenvalue weighted by molar-refractivity contribution is 5.97.